The van der Waals surface area contributed by atoms with Crippen molar-refractivity contribution < 1.29 is 22.6 Å². The number of hydrogen-bond donors (Lipinski definition) is 1. The monoisotopic (exact) mass is 475 g/mol. The number of thiophene rings is 1. The number of benzene rings is 1. The minimum Gasteiger partial charge on any atom is -0.493 e. The first kappa shape index (κ1) is 22.0. The fraction of sp³-hybridized carbons (Fsp3) is 0.250. The highest BCUT2D eigenvalue weighted by Gasteiger charge is 2.16. The van der Waals surface area contributed by atoms with Gasteiger partial charge in [0.15, 0.2) is 23.0 Å². The molecule has 3 aromatic heterocycles. The topological polar surface area (TPSA) is 117 Å². The summed E-state index contributed by atoms with van der Waals surface area (Å²) in [7, 11) is -0.431. The van der Waals surface area contributed by atoms with Crippen molar-refractivity contribution in [2.75, 3.05) is 27.4 Å². The van der Waals surface area contributed by atoms with E-state index >= 15 is 0 Å². The summed E-state index contributed by atoms with van der Waals surface area (Å²) < 4.78 is 45.2. The van der Waals surface area contributed by atoms with Gasteiger partial charge in [0.2, 0.25) is 15.9 Å². The van der Waals surface area contributed by atoms with Gasteiger partial charge in [0.05, 0.1) is 14.2 Å². The third-order valence-electron chi connectivity index (χ3n) is 4.50. The molecule has 0 spiro atoms. The third-order valence-corrected chi connectivity index (χ3v) is 7.46. The van der Waals surface area contributed by atoms with E-state index in [1.165, 1.54) is 11.3 Å². The van der Waals surface area contributed by atoms with E-state index in [-0.39, 0.29) is 17.4 Å². The number of aryl methyl sites for hydroxylation is 1. The van der Waals surface area contributed by atoms with Crippen molar-refractivity contribution in [3.05, 3.63) is 47.3 Å². The third kappa shape index (κ3) is 4.52. The van der Waals surface area contributed by atoms with E-state index in [4.69, 9.17) is 14.2 Å². The number of aromatic nitrogens is 4. The van der Waals surface area contributed by atoms with Crippen molar-refractivity contribution in [1.82, 2.24) is 24.5 Å². The molecule has 0 aliphatic carbocycles. The van der Waals surface area contributed by atoms with Crippen molar-refractivity contribution in [3.63, 3.8) is 0 Å². The number of methoxy groups -OCH3 is 2. The highest BCUT2D eigenvalue weighted by Crippen LogP contribution is 2.31. The van der Waals surface area contributed by atoms with Crippen molar-refractivity contribution in [3.8, 4) is 28.8 Å². The molecule has 4 aromatic rings. The molecule has 0 fully saturated rings. The molecule has 168 valence electrons. The van der Waals surface area contributed by atoms with Gasteiger partial charge in [-0.1, -0.05) is 0 Å². The van der Waals surface area contributed by atoms with E-state index in [9.17, 15) is 8.42 Å². The smallest absolute Gasteiger partial charge is 0.250 e. The van der Waals surface area contributed by atoms with Gasteiger partial charge in [0.25, 0.3) is 0 Å². The minimum atomic E-state index is -3.55. The van der Waals surface area contributed by atoms with Gasteiger partial charge in [-0.2, -0.15) is 4.52 Å². The fourth-order valence-electron chi connectivity index (χ4n) is 2.96. The van der Waals surface area contributed by atoms with Crippen molar-refractivity contribution in [2.45, 2.75) is 11.1 Å². The molecule has 1 N–H and O–H groups in total. The summed E-state index contributed by atoms with van der Waals surface area (Å²) >= 11 is 1.22. The highest BCUT2D eigenvalue weighted by molar-refractivity contribution is 7.91. The average Bonchev–Trinajstić information content (AvgIpc) is 3.42. The Morgan fingerprint density at radius 1 is 1.03 bits per heavy atom. The quantitative estimate of drug-likeness (QED) is 0.367. The molecule has 4 rings (SSSR count). The summed E-state index contributed by atoms with van der Waals surface area (Å²) in [6.07, 6.45) is 0. The lowest BCUT2D eigenvalue weighted by Gasteiger charge is -2.09. The van der Waals surface area contributed by atoms with Crippen LogP contribution < -0.4 is 18.9 Å². The maximum Gasteiger partial charge on any atom is 0.250 e. The summed E-state index contributed by atoms with van der Waals surface area (Å²) in [5, 5.41) is 12.8. The van der Waals surface area contributed by atoms with Gasteiger partial charge < -0.3 is 14.2 Å². The first-order chi connectivity index (χ1) is 15.4. The lowest BCUT2D eigenvalue weighted by molar-refractivity contribution is 0.306. The molecular formula is C20H21N5O5S2. The Morgan fingerprint density at radius 2 is 1.84 bits per heavy atom. The molecule has 0 aliphatic rings. The van der Waals surface area contributed by atoms with E-state index in [0.717, 1.165) is 10.4 Å². The minimum absolute atomic E-state index is 0.101. The molecule has 10 nitrogen and oxygen atoms in total. The average molecular weight is 476 g/mol. The van der Waals surface area contributed by atoms with Gasteiger partial charge in [-0.15, -0.1) is 26.6 Å². The number of fused-ring (bicyclic) bond motifs is 1. The summed E-state index contributed by atoms with van der Waals surface area (Å²) in [6, 6.07) is 12.1. The van der Waals surface area contributed by atoms with E-state index in [1.54, 1.807) is 55.1 Å². The molecule has 0 saturated heterocycles. The largest absolute Gasteiger partial charge is 0.493 e. The summed E-state index contributed by atoms with van der Waals surface area (Å²) in [6.45, 7) is 2.06. The van der Waals surface area contributed by atoms with Crippen LogP contribution in [0.1, 0.15) is 4.88 Å². The van der Waals surface area contributed by atoms with E-state index < -0.39 is 10.0 Å². The number of ether oxygens (including phenoxy) is 3. The molecule has 0 saturated carbocycles. The van der Waals surface area contributed by atoms with E-state index in [2.05, 4.69) is 20.0 Å². The van der Waals surface area contributed by atoms with Gasteiger partial charge in [-0.3, -0.25) is 0 Å². The number of rotatable bonds is 9. The Bertz CT molecular complexity index is 1350. The standard InChI is InChI=1S/C20H21N5O5S2/c1-13-4-9-19(31-13)32(26,27)21-10-11-30-18-8-7-17-22-23-20(25(17)24-18)14-5-6-15(28-2)16(12-14)29-3/h4-9,12,21H,10-11H2,1-3H3. The molecule has 0 radical (unpaired) electrons. The van der Waals surface area contributed by atoms with Crippen LogP contribution in [0, 0.1) is 6.92 Å². The Hall–Kier alpha value is -3.22. The van der Waals surface area contributed by atoms with Crippen LogP contribution in [0.5, 0.6) is 17.4 Å². The zero-order valence-electron chi connectivity index (χ0n) is 17.6. The van der Waals surface area contributed by atoms with Crippen LogP contribution in [0.15, 0.2) is 46.7 Å². The lowest BCUT2D eigenvalue weighted by atomic mass is 10.2. The number of sulfonamides is 1. The SMILES string of the molecule is COc1ccc(-c2nnc3ccc(OCCNS(=O)(=O)c4ccc(C)s4)nn23)cc1OC. The maximum absolute atomic E-state index is 12.3. The predicted octanol–water partition coefficient (Wildman–Crippen LogP) is 2.54. The van der Waals surface area contributed by atoms with Crippen LogP contribution >= 0.6 is 11.3 Å². The van der Waals surface area contributed by atoms with Crippen molar-refractivity contribution >= 4 is 27.0 Å². The van der Waals surface area contributed by atoms with Gasteiger partial charge in [0.1, 0.15) is 10.8 Å². The molecule has 1 aromatic carbocycles. The Labute approximate surface area is 188 Å². The van der Waals surface area contributed by atoms with Crippen LogP contribution in [-0.4, -0.2) is 55.6 Å². The Kier molecular flexibility index (Phi) is 6.26. The number of nitrogens with one attached hydrogen (secondary N) is 1. The van der Waals surface area contributed by atoms with Gasteiger partial charge >= 0.3 is 0 Å². The molecule has 0 amide bonds. The van der Waals surface area contributed by atoms with Crippen molar-refractivity contribution in [2.24, 2.45) is 0 Å². The van der Waals surface area contributed by atoms with Crippen LogP contribution in [0.3, 0.4) is 0 Å². The molecular weight excluding hydrogens is 454 g/mol. The molecule has 0 bridgehead atoms. The summed E-state index contributed by atoms with van der Waals surface area (Å²) in [4.78, 5) is 0.929. The first-order valence-corrected chi connectivity index (χ1v) is 11.8. The zero-order valence-corrected chi connectivity index (χ0v) is 19.2. The summed E-state index contributed by atoms with van der Waals surface area (Å²) in [5.41, 5.74) is 1.27. The zero-order chi connectivity index (χ0) is 22.7. The predicted molar refractivity (Wildman–Crippen MR) is 119 cm³/mol. The van der Waals surface area contributed by atoms with Crippen LogP contribution in [0.2, 0.25) is 0 Å². The maximum atomic E-state index is 12.3. The van der Waals surface area contributed by atoms with Gasteiger partial charge in [0, 0.05) is 23.1 Å². The normalized spacial score (nSPS) is 11.6. The second kappa shape index (κ2) is 9.10. The molecule has 0 unspecified atom stereocenters. The Balaban J connectivity index is 1.47. The fourth-order valence-corrected chi connectivity index (χ4v) is 5.30. The van der Waals surface area contributed by atoms with Crippen molar-refractivity contribution in [1.29, 1.82) is 0 Å². The van der Waals surface area contributed by atoms with Crippen LogP contribution in [0.4, 0.5) is 0 Å². The van der Waals surface area contributed by atoms with Crippen LogP contribution in [0.25, 0.3) is 17.0 Å². The van der Waals surface area contributed by atoms with Gasteiger partial charge in [-0.25, -0.2) is 13.1 Å². The first-order valence-electron chi connectivity index (χ1n) is 9.55. The second-order valence-electron chi connectivity index (χ2n) is 6.65. The number of hydrogen-bond acceptors (Lipinski definition) is 9. The highest BCUT2D eigenvalue weighted by atomic mass is 32.2. The van der Waals surface area contributed by atoms with E-state index in [1.807, 2.05) is 13.0 Å². The second-order valence-corrected chi connectivity index (χ2v) is 9.93. The van der Waals surface area contributed by atoms with E-state index in [0.29, 0.717) is 28.9 Å². The molecule has 32 heavy (non-hydrogen) atoms. The molecule has 0 aliphatic heterocycles. The number of nitrogens with zero attached hydrogens (tertiary/aromatic N) is 4. The van der Waals surface area contributed by atoms with Gasteiger partial charge in [-0.05, 0) is 43.3 Å². The lowest BCUT2D eigenvalue weighted by Crippen LogP contribution is -2.27. The summed E-state index contributed by atoms with van der Waals surface area (Å²) in [5.74, 6) is 1.97. The molecule has 0 atom stereocenters. The molecule has 3 heterocycles. The molecule has 12 heteroatoms. The Morgan fingerprint density at radius 3 is 2.56 bits per heavy atom. The van der Waals surface area contributed by atoms with Crippen LogP contribution in [-0.2, 0) is 10.0 Å².